The van der Waals surface area contributed by atoms with E-state index in [1.165, 1.54) is 6.07 Å². The van der Waals surface area contributed by atoms with Crippen molar-refractivity contribution in [3.05, 3.63) is 65.5 Å². The highest BCUT2D eigenvalue weighted by atomic mass is 32.2. The smallest absolute Gasteiger partial charge is 0.330 e. The number of benzene rings is 2. The first kappa shape index (κ1) is 28.1. The molecule has 0 saturated carbocycles. The highest BCUT2D eigenvalue weighted by Crippen LogP contribution is 2.28. The van der Waals surface area contributed by atoms with E-state index in [1.807, 2.05) is 0 Å². The van der Waals surface area contributed by atoms with Crippen LogP contribution in [0.5, 0.6) is 0 Å². The number of hydrogen-bond donors (Lipinski definition) is 4. The molecule has 3 amide bonds. The van der Waals surface area contributed by atoms with E-state index in [1.54, 1.807) is 36.4 Å². The highest BCUT2D eigenvalue weighted by molar-refractivity contribution is 7.97. The number of nitrogens with two attached hydrogens (primary N) is 1. The van der Waals surface area contributed by atoms with E-state index in [0.717, 1.165) is 18.0 Å². The topological polar surface area (TPSA) is 126 Å². The number of rotatable bonds is 10. The number of hydrogen-bond acceptors (Lipinski definition) is 6. The average Bonchev–Trinajstić information content (AvgIpc) is 2.99. The van der Waals surface area contributed by atoms with Crippen LogP contribution >= 0.6 is 11.9 Å². The van der Waals surface area contributed by atoms with Crippen LogP contribution < -0.4 is 21.1 Å². The van der Waals surface area contributed by atoms with E-state index >= 15 is 0 Å². The number of halogens is 4. The maximum atomic E-state index is 14.6. The van der Waals surface area contributed by atoms with E-state index in [9.17, 15) is 31.9 Å². The number of nitrogens with one attached hydrogen (secondary N) is 3. The summed E-state index contributed by atoms with van der Waals surface area (Å²) < 4.78 is 55.7. The second-order valence-electron chi connectivity index (χ2n) is 8.12. The van der Waals surface area contributed by atoms with Gasteiger partial charge in [0.25, 0.3) is 5.91 Å². The van der Waals surface area contributed by atoms with E-state index in [0.29, 0.717) is 11.3 Å². The minimum Gasteiger partial charge on any atom is -0.330 e. The Morgan fingerprint density at radius 2 is 1.86 bits per heavy atom. The molecular formula is C24H25F4N5O3S. The van der Waals surface area contributed by atoms with Crippen LogP contribution in [0, 0.1) is 11.7 Å². The summed E-state index contributed by atoms with van der Waals surface area (Å²) >= 11 is 0.970. The molecule has 0 spiro atoms. The molecule has 1 aliphatic rings. The summed E-state index contributed by atoms with van der Waals surface area (Å²) in [5.41, 5.74) is 6.19. The summed E-state index contributed by atoms with van der Waals surface area (Å²) in [4.78, 5) is 42.5. The number of anilines is 1. The quantitative estimate of drug-likeness (QED) is 0.210. The number of para-hydroxylation sites is 1. The summed E-state index contributed by atoms with van der Waals surface area (Å²) in [5.74, 6) is -4.26. The van der Waals surface area contributed by atoms with Crippen LogP contribution in [0.15, 0.2) is 53.5 Å². The Labute approximate surface area is 214 Å². The molecule has 1 aliphatic heterocycles. The van der Waals surface area contributed by atoms with Crippen molar-refractivity contribution in [1.29, 1.82) is 0 Å². The molecule has 5 N–H and O–H groups in total. The van der Waals surface area contributed by atoms with Crippen LogP contribution in [0.3, 0.4) is 0 Å². The number of carbonyl (C=O) groups excluding carboxylic acids is 3. The van der Waals surface area contributed by atoms with Crippen molar-refractivity contribution in [1.82, 2.24) is 10.0 Å². The van der Waals surface area contributed by atoms with Gasteiger partial charge in [0.2, 0.25) is 18.0 Å². The molecule has 198 valence electrons. The lowest BCUT2D eigenvalue weighted by molar-refractivity contribution is -0.143. The van der Waals surface area contributed by atoms with Gasteiger partial charge in [-0.3, -0.25) is 14.4 Å². The zero-order valence-electron chi connectivity index (χ0n) is 19.5. The summed E-state index contributed by atoms with van der Waals surface area (Å²) in [6, 6.07) is 12.6. The molecule has 1 heterocycles. The van der Waals surface area contributed by atoms with Gasteiger partial charge in [0, 0.05) is 42.2 Å². The van der Waals surface area contributed by atoms with Gasteiger partial charge < -0.3 is 21.1 Å². The molecule has 0 aromatic heterocycles. The average molecular weight is 540 g/mol. The SMILES string of the molecule is NCCSNC(=O)CC(CCC(F)(F)F)C(=O)NC1N=C(c2ccccc2)c2cccc(F)c2NC1=O. The van der Waals surface area contributed by atoms with Crippen molar-refractivity contribution in [3.63, 3.8) is 0 Å². The summed E-state index contributed by atoms with van der Waals surface area (Å²) in [7, 11) is 0. The van der Waals surface area contributed by atoms with E-state index in [-0.39, 0.29) is 23.5 Å². The number of benzodiazepines with no additional fused rings is 1. The molecule has 2 unspecified atom stereocenters. The second kappa shape index (κ2) is 12.7. The molecule has 0 fully saturated rings. The van der Waals surface area contributed by atoms with Crippen molar-refractivity contribution in [2.75, 3.05) is 17.6 Å². The number of alkyl halides is 3. The first-order chi connectivity index (χ1) is 17.6. The molecule has 3 rings (SSSR count). The number of nitrogens with zero attached hydrogens (tertiary/aromatic N) is 1. The van der Waals surface area contributed by atoms with Crippen molar-refractivity contribution < 1.29 is 31.9 Å². The summed E-state index contributed by atoms with van der Waals surface area (Å²) in [6.45, 7) is 0.268. The van der Waals surface area contributed by atoms with Crippen LogP contribution in [0.2, 0.25) is 0 Å². The Bertz CT molecular complexity index is 1160. The van der Waals surface area contributed by atoms with Crippen molar-refractivity contribution in [3.8, 4) is 0 Å². The van der Waals surface area contributed by atoms with E-state index in [4.69, 9.17) is 5.73 Å². The van der Waals surface area contributed by atoms with Gasteiger partial charge in [0.15, 0.2) is 0 Å². The Kier molecular flexibility index (Phi) is 9.64. The molecule has 2 aromatic rings. The van der Waals surface area contributed by atoms with Crippen LogP contribution in [0.4, 0.5) is 23.2 Å². The van der Waals surface area contributed by atoms with Crippen molar-refractivity contribution >= 4 is 41.1 Å². The van der Waals surface area contributed by atoms with Crippen LogP contribution in [0.25, 0.3) is 0 Å². The predicted molar refractivity (Wildman–Crippen MR) is 132 cm³/mol. The Balaban J connectivity index is 1.88. The molecule has 8 nitrogen and oxygen atoms in total. The lowest BCUT2D eigenvalue weighted by atomic mass is 9.97. The maximum absolute atomic E-state index is 14.6. The van der Waals surface area contributed by atoms with Crippen molar-refractivity contribution in [2.45, 2.75) is 31.6 Å². The lowest BCUT2D eigenvalue weighted by Crippen LogP contribution is -2.45. The summed E-state index contributed by atoms with van der Waals surface area (Å²) in [6.07, 6.45) is -8.67. The number of aliphatic imine (C=N–C) groups is 1. The standard InChI is InChI=1S/C24H25F4N5O3S/c25-17-8-4-7-16-19(14-5-2-1-3-6-14)30-21(23(36)31-20(16)17)32-22(35)15(9-10-24(26,27)28)13-18(34)33-37-12-11-29/h1-8,15,21H,9-13,29H2,(H,31,36)(H,32,35)(H,33,34). The largest absolute Gasteiger partial charge is 0.389 e. The van der Waals surface area contributed by atoms with Gasteiger partial charge in [0.05, 0.1) is 11.4 Å². The Hall–Kier alpha value is -3.45. The van der Waals surface area contributed by atoms with Gasteiger partial charge in [-0.05, 0) is 24.4 Å². The number of fused-ring (bicyclic) bond motifs is 1. The molecule has 2 atom stereocenters. The first-order valence-corrected chi connectivity index (χ1v) is 12.3. The van der Waals surface area contributed by atoms with Crippen molar-refractivity contribution in [2.24, 2.45) is 16.6 Å². The van der Waals surface area contributed by atoms with Gasteiger partial charge in [-0.1, -0.05) is 42.5 Å². The number of amides is 3. The van der Waals surface area contributed by atoms with E-state index < -0.39 is 61.1 Å². The third kappa shape index (κ3) is 8.02. The van der Waals surface area contributed by atoms with Crippen LogP contribution in [-0.2, 0) is 14.4 Å². The third-order valence-electron chi connectivity index (χ3n) is 5.33. The van der Waals surface area contributed by atoms with Gasteiger partial charge >= 0.3 is 6.18 Å². The zero-order chi connectivity index (χ0) is 27.0. The number of carbonyl (C=O) groups is 3. The first-order valence-electron chi connectivity index (χ1n) is 11.3. The molecule has 0 aliphatic carbocycles. The fraction of sp³-hybridized carbons (Fsp3) is 0.333. The molecule has 37 heavy (non-hydrogen) atoms. The molecule has 0 saturated heterocycles. The Morgan fingerprint density at radius 1 is 1.14 bits per heavy atom. The van der Waals surface area contributed by atoms with E-state index in [2.05, 4.69) is 20.3 Å². The molecule has 0 bridgehead atoms. The minimum absolute atomic E-state index is 0.142. The predicted octanol–water partition coefficient (Wildman–Crippen LogP) is 3.13. The zero-order valence-corrected chi connectivity index (χ0v) is 20.3. The lowest BCUT2D eigenvalue weighted by Gasteiger charge is -2.20. The Morgan fingerprint density at radius 3 is 2.54 bits per heavy atom. The molecule has 0 radical (unpaired) electrons. The maximum Gasteiger partial charge on any atom is 0.389 e. The monoisotopic (exact) mass is 539 g/mol. The highest BCUT2D eigenvalue weighted by Gasteiger charge is 2.34. The molecule has 2 aromatic carbocycles. The molecular weight excluding hydrogens is 514 g/mol. The van der Waals surface area contributed by atoms with Gasteiger partial charge in [-0.15, -0.1) is 0 Å². The second-order valence-corrected chi connectivity index (χ2v) is 9.02. The van der Waals surface area contributed by atoms with Crippen LogP contribution in [0.1, 0.15) is 30.4 Å². The fourth-order valence-electron chi connectivity index (χ4n) is 3.59. The molecule has 13 heteroatoms. The normalized spacial score (nSPS) is 16.1. The minimum atomic E-state index is -4.55. The van der Waals surface area contributed by atoms with Crippen LogP contribution in [-0.4, -0.2) is 48.1 Å². The third-order valence-corrected chi connectivity index (χ3v) is 6.15. The van der Waals surface area contributed by atoms with Gasteiger partial charge in [-0.2, -0.15) is 13.2 Å². The fourth-order valence-corrected chi connectivity index (χ4v) is 4.06. The van der Waals surface area contributed by atoms with Gasteiger partial charge in [-0.25, -0.2) is 9.38 Å². The van der Waals surface area contributed by atoms with Gasteiger partial charge in [0.1, 0.15) is 5.82 Å². The summed E-state index contributed by atoms with van der Waals surface area (Å²) in [5, 5.41) is 4.74.